The van der Waals surface area contributed by atoms with E-state index in [1.54, 1.807) is 24.3 Å². The summed E-state index contributed by atoms with van der Waals surface area (Å²) in [6, 6.07) is 18.1. The fourth-order valence-corrected chi connectivity index (χ4v) is 2.30. The number of aromatic nitrogens is 2. The van der Waals surface area contributed by atoms with Crippen molar-refractivity contribution in [3.05, 3.63) is 78.0 Å². The topological polar surface area (TPSA) is 76.0 Å². The summed E-state index contributed by atoms with van der Waals surface area (Å²) < 4.78 is 1.53. The second-order valence-electron chi connectivity index (χ2n) is 5.05. The van der Waals surface area contributed by atoms with Crippen molar-refractivity contribution in [2.75, 3.05) is 12.4 Å². The normalized spacial score (nSPS) is 10.2. The minimum absolute atomic E-state index is 0.297. The van der Waals surface area contributed by atoms with Crippen molar-refractivity contribution in [2.45, 2.75) is 0 Å². The SMILES string of the molecule is CNC(=O)c1cnn(-c2ccccc2)c1NC(=O)c1ccccc1. The van der Waals surface area contributed by atoms with Crippen molar-refractivity contribution in [1.82, 2.24) is 15.1 Å². The molecule has 0 aliphatic carbocycles. The molecular formula is C18H16N4O2. The maximum atomic E-state index is 12.5. The molecule has 2 amide bonds. The Bertz CT molecular complexity index is 857. The van der Waals surface area contributed by atoms with Gasteiger partial charge in [0.15, 0.2) is 0 Å². The van der Waals surface area contributed by atoms with Crippen LogP contribution in [0, 0.1) is 0 Å². The minimum atomic E-state index is -0.319. The van der Waals surface area contributed by atoms with Gasteiger partial charge in [-0.3, -0.25) is 9.59 Å². The summed E-state index contributed by atoms with van der Waals surface area (Å²) in [6.45, 7) is 0. The number of amides is 2. The van der Waals surface area contributed by atoms with E-state index in [0.29, 0.717) is 16.9 Å². The van der Waals surface area contributed by atoms with Crippen LogP contribution in [0.15, 0.2) is 66.9 Å². The molecule has 0 radical (unpaired) electrons. The van der Waals surface area contributed by atoms with E-state index in [1.165, 1.54) is 17.9 Å². The molecule has 0 aliphatic rings. The van der Waals surface area contributed by atoms with Crippen molar-refractivity contribution >= 4 is 17.6 Å². The minimum Gasteiger partial charge on any atom is -0.355 e. The highest BCUT2D eigenvalue weighted by Crippen LogP contribution is 2.21. The molecule has 0 saturated heterocycles. The number of hydrogen-bond acceptors (Lipinski definition) is 3. The second-order valence-corrected chi connectivity index (χ2v) is 5.05. The van der Waals surface area contributed by atoms with Gasteiger partial charge in [0.05, 0.1) is 11.9 Å². The molecule has 1 heterocycles. The largest absolute Gasteiger partial charge is 0.355 e. The molecule has 0 bridgehead atoms. The first-order valence-electron chi connectivity index (χ1n) is 7.42. The number of benzene rings is 2. The Kier molecular flexibility index (Phi) is 4.38. The highest BCUT2D eigenvalue weighted by molar-refractivity contribution is 6.08. The lowest BCUT2D eigenvalue weighted by Crippen LogP contribution is -2.22. The van der Waals surface area contributed by atoms with Gasteiger partial charge in [-0.1, -0.05) is 36.4 Å². The number of nitrogens with one attached hydrogen (secondary N) is 2. The summed E-state index contributed by atoms with van der Waals surface area (Å²) in [7, 11) is 1.53. The monoisotopic (exact) mass is 320 g/mol. The maximum absolute atomic E-state index is 12.5. The lowest BCUT2D eigenvalue weighted by atomic mass is 10.2. The first kappa shape index (κ1) is 15.5. The zero-order chi connectivity index (χ0) is 16.9. The molecule has 0 saturated carbocycles. The van der Waals surface area contributed by atoms with Crippen LogP contribution in [-0.2, 0) is 0 Å². The van der Waals surface area contributed by atoms with E-state index in [0.717, 1.165) is 5.69 Å². The molecule has 6 nitrogen and oxygen atoms in total. The molecule has 3 aromatic rings. The predicted octanol–water partition coefficient (Wildman–Crippen LogP) is 2.48. The van der Waals surface area contributed by atoms with Gasteiger partial charge in [0, 0.05) is 12.6 Å². The second kappa shape index (κ2) is 6.78. The van der Waals surface area contributed by atoms with Crippen LogP contribution < -0.4 is 10.6 Å². The summed E-state index contributed by atoms with van der Waals surface area (Å²) in [5, 5.41) is 9.59. The molecule has 0 unspecified atom stereocenters. The van der Waals surface area contributed by atoms with Crippen LogP contribution in [0.2, 0.25) is 0 Å². The van der Waals surface area contributed by atoms with Crippen molar-refractivity contribution in [3.63, 3.8) is 0 Å². The summed E-state index contributed by atoms with van der Waals surface area (Å²) in [5.41, 5.74) is 1.54. The Hall–Kier alpha value is -3.41. The molecular weight excluding hydrogens is 304 g/mol. The van der Waals surface area contributed by atoms with Gasteiger partial charge in [-0.2, -0.15) is 5.10 Å². The third kappa shape index (κ3) is 3.03. The molecule has 6 heteroatoms. The van der Waals surface area contributed by atoms with E-state index in [-0.39, 0.29) is 11.8 Å². The Labute approximate surface area is 139 Å². The average Bonchev–Trinajstić information content (AvgIpc) is 3.06. The fraction of sp³-hybridized carbons (Fsp3) is 0.0556. The third-order valence-corrected chi connectivity index (χ3v) is 3.51. The van der Waals surface area contributed by atoms with Crippen LogP contribution in [0.25, 0.3) is 5.69 Å². The number of carbonyl (C=O) groups excluding carboxylic acids is 2. The van der Waals surface area contributed by atoms with Crippen molar-refractivity contribution in [2.24, 2.45) is 0 Å². The van der Waals surface area contributed by atoms with Gasteiger partial charge in [-0.05, 0) is 24.3 Å². The molecule has 120 valence electrons. The highest BCUT2D eigenvalue weighted by Gasteiger charge is 2.20. The maximum Gasteiger partial charge on any atom is 0.256 e. The number of hydrogen-bond donors (Lipinski definition) is 2. The van der Waals surface area contributed by atoms with Gasteiger partial charge < -0.3 is 10.6 Å². The summed E-state index contributed by atoms with van der Waals surface area (Å²) in [5.74, 6) is -0.298. The summed E-state index contributed by atoms with van der Waals surface area (Å²) in [4.78, 5) is 24.6. The molecule has 0 aliphatic heterocycles. The lowest BCUT2D eigenvalue weighted by Gasteiger charge is -2.11. The number of anilines is 1. The van der Waals surface area contributed by atoms with Crippen molar-refractivity contribution in [3.8, 4) is 5.69 Å². The molecule has 1 aromatic heterocycles. The zero-order valence-corrected chi connectivity index (χ0v) is 13.1. The molecule has 2 aromatic carbocycles. The highest BCUT2D eigenvalue weighted by atomic mass is 16.2. The molecule has 2 N–H and O–H groups in total. The Balaban J connectivity index is 2.02. The molecule has 0 fully saturated rings. The van der Waals surface area contributed by atoms with Crippen LogP contribution in [0.5, 0.6) is 0 Å². The molecule has 0 spiro atoms. The van der Waals surface area contributed by atoms with Gasteiger partial charge >= 0.3 is 0 Å². The average molecular weight is 320 g/mol. The number of nitrogens with zero attached hydrogens (tertiary/aromatic N) is 2. The number of para-hydroxylation sites is 1. The number of rotatable bonds is 4. The Morgan fingerprint density at radius 3 is 2.17 bits per heavy atom. The Morgan fingerprint density at radius 2 is 1.54 bits per heavy atom. The van der Waals surface area contributed by atoms with Crippen LogP contribution in [-0.4, -0.2) is 28.6 Å². The van der Waals surface area contributed by atoms with Crippen LogP contribution in [0.1, 0.15) is 20.7 Å². The number of carbonyl (C=O) groups is 2. The van der Waals surface area contributed by atoms with Crippen LogP contribution in [0.3, 0.4) is 0 Å². The van der Waals surface area contributed by atoms with E-state index in [4.69, 9.17) is 0 Å². The first-order valence-corrected chi connectivity index (χ1v) is 7.42. The van der Waals surface area contributed by atoms with Gasteiger partial charge in [-0.25, -0.2) is 4.68 Å². The van der Waals surface area contributed by atoms with Gasteiger partial charge in [-0.15, -0.1) is 0 Å². The van der Waals surface area contributed by atoms with Crippen LogP contribution in [0.4, 0.5) is 5.82 Å². The van der Waals surface area contributed by atoms with Crippen molar-refractivity contribution in [1.29, 1.82) is 0 Å². The van der Waals surface area contributed by atoms with E-state index in [1.807, 2.05) is 36.4 Å². The van der Waals surface area contributed by atoms with E-state index in [9.17, 15) is 9.59 Å². The lowest BCUT2D eigenvalue weighted by molar-refractivity contribution is 0.0964. The standard InChI is InChI=1S/C18H16N4O2/c1-19-18(24)15-12-20-22(14-10-6-3-7-11-14)16(15)21-17(23)13-8-4-2-5-9-13/h2-12H,1H3,(H,19,24)(H,21,23). The molecule has 0 atom stereocenters. The van der Waals surface area contributed by atoms with Gasteiger partial charge in [0.25, 0.3) is 11.8 Å². The van der Waals surface area contributed by atoms with Crippen LogP contribution >= 0.6 is 0 Å². The Morgan fingerprint density at radius 1 is 0.917 bits per heavy atom. The fourth-order valence-electron chi connectivity index (χ4n) is 2.30. The summed E-state index contributed by atoms with van der Waals surface area (Å²) >= 11 is 0. The van der Waals surface area contributed by atoms with E-state index in [2.05, 4.69) is 15.7 Å². The summed E-state index contributed by atoms with van der Waals surface area (Å²) in [6.07, 6.45) is 1.44. The predicted molar refractivity (Wildman–Crippen MR) is 91.3 cm³/mol. The quantitative estimate of drug-likeness (QED) is 0.775. The molecule has 24 heavy (non-hydrogen) atoms. The van der Waals surface area contributed by atoms with E-state index < -0.39 is 0 Å². The van der Waals surface area contributed by atoms with Gasteiger partial charge in [0.1, 0.15) is 11.4 Å². The van der Waals surface area contributed by atoms with Crippen molar-refractivity contribution < 1.29 is 9.59 Å². The van der Waals surface area contributed by atoms with E-state index >= 15 is 0 Å². The zero-order valence-electron chi connectivity index (χ0n) is 13.1. The first-order chi connectivity index (χ1) is 11.7. The third-order valence-electron chi connectivity index (χ3n) is 3.51. The molecule has 3 rings (SSSR count). The smallest absolute Gasteiger partial charge is 0.256 e. The van der Waals surface area contributed by atoms with Gasteiger partial charge in [0.2, 0.25) is 0 Å².